The van der Waals surface area contributed by atoms with E-state index in [0.29, 0.717) is 0 Å². The minimum Gasteiger partial charge on any atom is -0.310 e. The number of aromatic nitrogens is 1. The molecule has 3 nitrogen and oxygen atoms in total. The van der Waals surface area contributed by atoms with Crippen molar-refractivity contribution >= 4 is 98.2 Å². The van der Waals surface area contributed by atoms with Crippen molar-refractivity contribution in [2.75, 3.05) is 9.80 Å². The molecule has 4 heteroatoms. The van der Waals surface area contributed by atoms with Crippen molar-refractivity contribution < 1.29 is 0 Å². The van der Waals surface area contributed by atoms with Crippen LogP contribution < -0.4 is 9.80 Å². The third-order valence-electron chi connectivity index (χ3n) is 14.1. The topological polar surface area (TPSA) is 11.4 Å². The predicted octanol–water partition coefficient (Wildman–Crippen LogP) is 18.5. The zero-order valence-corrected chi connectivity index (χ0v) is 38.4. The molecule has 2 heterocycles. The number of para-hydroxylation sites is 2. The van der Waals surface area contributed by atoms with Gasteiger partial charge in [0.1, 0.15) is 0 Å². The summed E-state index contributed by atoms with van der Waals surface area (Å²) in [6.07, 6.45) is 0.953. The van der Waals surface area contributed by atoms with E-state index >= 15 is 0 Å². The normalized spacial score (nSPS) is 12.0. The number of hydrogen-bond acceptors (Lipinski definition) is 3. The van der Waals surface area contributed by atoms with Crippen molar-refractivity contribution in [1.82, 2.24) is 4.57 Å². The Balaban J connectivity index is 0.922. The average Bonchev–Trinajstić information content (AvgIpc) is 4.08. The second kappa shape index (κ2) is 16.0. The summed E-state index contributed by atoms with van der Waals surface area (Å²) in [5.41, 5.74) is 18.1. The first-order chi connectivity index (χ1) is 34.2. The molecule has 0 N–H and O–H groups in total. The molecule has 11 aromatic carbocycles. The molecule has 0 fully saturated rings. The number of fused-ring (bicyclic) bond motifs is 10. The van der Waals surface area contributed by atoms with Crippen molar-refractivity contribution in [2.24, 2.45) is 0 Å². The van der Waals surface area contributed by atoms with Gasteiger partial charge >= 0.3 is 0 Å². The van der Waals surface area contributed by atoms with Gasteiger partial charge in [0.15, 0.2) is 0 Å². The molecular formula is C65H43N3S. The van der Waals surface area contributed by atoms with Crippen molar-refractivity contribution in [2.45, 2.75) is 6.42 Å². The van der Waals surface area contributed by atoms with E-state index in [2.05, 4.69) is 263 Å². The summed E-state index contributed by atoms with van der Waals surface area (Å²) in [6.45, 7) is 0. The highest BCUT2D eigenvalue weighted by Gasteiger charge is 2.23. The first-order valence-electron chi connectivity index (χ1n) is 23.7. The van der Waals surface area contributed by atoms with Crippen LogP contribution in [0, 0.1) is 0 Å². The van der Waals surface area contributed by atoms with Crippen molar-refractivity contribution in [3.8, 4) is 27.9 Å². The van der Waals surface area contributed by atoms with Crippen LogP contribution in [0.15, 0.2) is 249 Å². The maximum absolute atomic E-state index is 2.44. The lowest BCUT2D eigenvalue weighted by atomic mass is 10.0. The second-order valence-electron chi connectivity index (χ2n) is 18.1. The van der Waals surface area contributed by atoms with E-state index in [-0.39, 0.29) is 0 Å². The van der Waals surface area contributed by atoms with Crippen LogP contribution in [0.1, 0.15) is 11.1 Å². The fourth-order valence-electron chi connectivity index (χ4n) is 10.9. The van der Waals surface area contributed by atoms with Crippen LogP contribution in [0.4, 0.5) is 34.1 Å². The van der Waals surface area contributed by atoms with Gasteiger partial charge in [0, 0.05) is 70.8 Å². The molecule has 69 heavy (non-hydrogen) atoms. The summed E-state index contributed by atoms with van der Waals surface area (Å²) >= 11 is 1.86. The van der Waals surface area contributed by atoms with Gasteiger partial charge in [-0.1, -0.05) is 152 Å². The molecule has 0 unspecified atom stereocenters. The SMILES string of the molecule is c1ccc(-c2cccc(N(c3ccc4sc5cc(N(c6ccccc6)c6ccc7c(c6)Cc6ccccc6-7)ccc5c4c3)c3ccc4c5ccccc5n(-c5ccc6ccccc6c5)c4c3)c2)cc1. The van der Waals surface area contributed by atoms with Gasteiger partial charge in [-0.15, -0.1) is 11.3 Å². The maximum Gasteiger partial charge on any atom is 0.0561 e. The van der Waals surface area contributed by atoms with E-state index in [1.54, 1.807) is 0 Å². The fraction of sp³-hybridized carbons (Fsp3) is 0.0154. The van der Waals surface area contributed by atoms with E-state index in [1.807, 2.05) is 11.3 Å². The van der Waals surface area contributed by atoms with Crippen LogP contribution >= 0.6 is 11.3 Å². The van der Waals surface area contributed by atoms with Crippen LogP contribution in [-0.4, -0.2) is 4.57 Å². The van der Waals surface area contributed by atoms with Crippen LogP contribution in [-0.2, 0) is 6.42 Å². The van der Waals surface area contributed by atoms with Gasteiger partial charge < -0.3 is 14.4 Å². The summed E-state index contributed by atoms with van der Waals surface area (Å²) in [5, 5.41) is 7.42. The quantitative estimate of drug-likeness (QED) is 0.151. The first kappa shape index (κ1) is 39.5. The Labute approximate surface area is 404 Å². The highest BCUT2D eigenvalue weighted by molar-refractivity contribution is 7.25. The Bertz CT molecular complexity index is 4130. The van der Waals surface area contributed by atoms with Crippen LogP contribution in [0.25, 0.3) is 80.7 Å². The highest BCUT2D eigenvalue weighted by Crippen LogP contribution is 2.47. The Kier molecular flexibility index (Phi) is 9.14. The van der Waals surface area contributed by atoms with Gasteiger partial charge in [0.25, 0.3) is 0 Å². The zero-order valence-electron chi connectivity index (χ0n) is 37.6. The fourth-order valence-corrected chi connectivity index (χ4v) is 12.0. The lowest BCUT2D eigenvalue weighted by Crippen LogP contribution is -2.10. The van der Waals surface area contributed by atoms with Gasteiger partial charge in [-0.3, -0.25) is 0 Å². The molecule has 0 amide bonds. The summed E-state index contributed by atoms with van der Waals surface area (Å²) in [7, 11) is 0. The maximum atomic E-state index is 2.44. The Morgan fingerprint density at radius 1 is 0.319 bits per heavy atom. The monoisotopic (exact) mass is 897 g/mol. The Hall–Kier alpha value is -8.70. The lowest BCUT2D eigenvalue weighted by Gasteiger charge is -2.27. The molecule has 0 spiro atoms. The number of thiophene rings is 1. The lowest BCUT2D eigenvalue weighted by molar-refractivity contribution is 1.18. The Morgan fingerprint density at radius 2 is 0.942 bits per heavy atom. The van der Waals surface area contributed by atoms with E-state index < -0.39 is 0 Å². The number of benzene rings is 11. The van der Waals surface area contributed by atoms with E-state index in [1.165, 1.54) is 91.8 Å². The molecule has 13 aromatic rings. The standard InChI is InChI=1S/C65H43N3S/c1-3-14-43(15-4-1)46-19-13-22-50(37-46)67(54-29-33-59-58-24-11-12-25-62(58)68(63(59)41-54)52-27-26-44-16-7-8-17-45(44)38-52)53-31-35-64-61(40-53)60-34-30-55(42-65(60)69-64)66(49-20-5-2-6-21-49)51-28-32-57-48(39-51)36-47-18-9-10-23-56(47)57/h1-35,37-42H,36H2. The number of anilines is 6. The molecule has 0 bridgehead atoms. The molecule has 2 aromatic heterocycles. The molecule has 0 aliphatic heterocycles. The molecule has 1 aliphatic rings. The molecule has 1 aliphatic carbocycles. The van der Waals surface area contributed by atoms with Gasteiger partial charge in [0.2, 0.25) is 0 Å². The molecule has 324 valence electrons. The first-order valence-corrected chi connectivity index (χ1v) is 24.5. The average molecular weight is 898 g/mol. The minimum atomic E-state index is 0.953. The summed E-state index contributed by atoms with van der Waals surface area (Å²) < 4.78 is 4.96. The molecule has 14 rings (SSSR count). The molecule has 0 radical (unpaired) electrons. The van der Waals surface area contributed by atoms with E-state index in [0.717, 1.165) is 40.5 Å². The van der Waals surface area contributed by atoms with Crippen molar-refractivity contribution in [3.05, 3.63) is 260 Å². The molecular weight excluding hydrogens is 855 g/mol. The summed E-state index contributed by atoms with van der Waals surface area (Å²) in [5.74, 6) is 0. The van der Waals surface area contributed by atoms with Gasteiger partial charge in [-0.05, 0) is 148 Å². The smallest absolute Gasteiger partial charge is 0.0561 e. The van der Waals surface area contributed by atoms with Gasteiger partial charge in [0.05, 0.1) is 11.0 Å². The third kappa shape index (κ3) is 6.64. The Morgan fingerprint density at radius 3 is 1.84 bits per heavy atom. The van der Waals surface area contributed by atoms with Crippen LogP contribution in [0.5, 0.6) is 0 Å². The molecule has 0 saturated heterocycles. The largest absolute Gasteiger partial charge is 0.310 e. The van der Waals surface area contributed by atoms with Gasteiger partial charge in [-0.2, -0.15) is 0 Å². The zero-order chi connectivity index (χ0) is 45.4. The number of nitrogens with zero attached hydrogens (tertiary/aromatic N) is 3. The van der Waals surface area contributed by atoms with E-state index in [9.17, 15) is 0 Å². The number of rotatable bonds is 8. The van der Waals surface area contributed by atoms with Crippen molar-refractivity contribution in [1.29, 1.82) is 0 Å². The third-order valence-corrected chi connectivity index (χ3v) is 15.3. The summed E-state index contributed by atoms with van der Waals surface area (Å²) in [4.78, 5) is 4.85. The predicted molar refractivity (Wildman–Crippen MR) is 294 cm³/mol. The van der Waals surface area contributed by atoms with E-state index in [4.69, 9.17) is 0 Å². The van der Waals surface area contributed by atoms with Crippen LogP contribution in [0.2, 0.25) is 0 Å². The molecule has 0 atom stereocenters. The molecule has 0 saturated carbocycles. The van der Waals surface area contributed by atoms with Crippen LogP contribution in [0.3, 0.4) is 0 Å². The second-order valence-corrected chi connectivity index (χ2v) is 19.2. The highest BCUT2D eigenvalue weighted by atomic mass is 32.1. The number of hydrogen-bond donors (Lipinski definition) is 0. The minimum absolute atomic E-state index is 0.953. The van der Waals surface area contributed by atoms with Crippen molar-refractivity contribution in [3.63, 3.8) is 0 Å². The van der Waals surface area contributed by atoms with Gasteiger partial charge in [-0.25, -0.2) is 0 Å². The summed E-state index contributed by atoms with van der Waals surface area (Å²) in [6, 6.07) is 91.5.